The summed E-state index contributed by atoms with van der Waals surface area (Å²) in [6.07, 6.45) is 3.36. The second kappa shape index (κ2) is 9.42. The zero-order valence-electron chi connectivity index (χ0n) is 19.0. The maximum absolute atomic E-state index is 15.6. The summed E-state index contributed by atoms with van der Waals surface area (Å²) < 4.78 is 65.4. The number of sulfonamides is 1. The van der Waals surface area contributed by atoms with Crippen LogP contribution < -0.4 is 14.8 Å². The molecular formula is C22H22ClF2N5O4S. The van der Waals surface area contributed by atoms with E-state index in [4.69, 9.17) is 16.3 Å². The molecule has 0 fully saturated rings. The molecule has 35 heavy (non-hydrogen) atoms. The molecule has 0 saturated heterocycles. The normalized spacial score (nSPS) is 17.5. The van der Waals surface area contributed by atoms with Crippen LogP contribution >= 0.6 is 11.6 Å². The fourth-order valence-corrected chi connectivity index (χ4v) is 5.78. The maximum atomic E-state index is 15.6. The molecule has 2 N–H and O–H groups in total. The summed E-state index contributed by atoms with van der Waals surface area (Å²) in [4.78, 5) is 19.7. The number of hydrogen-bond donors (Lipinski definition) is 2. The van der Waals surface area contributed by atoms with Gasteiger partial charge in [0.05, 0.1) is 29.8 Å². The van der Waals surface area contributed by atoms with Crippen molar-refractivity contribution in [3.63, 3.8) is 0 Å². The number of nitrogens with one attached hydrogen (secondary N) is 2. The summed E-state index contributed by atoms with van der Waals surface area (Å²) >= 11 is 5.88. The standard InChI is InChI=1S/C22H22ClF2N5O4S/c1-11-13(4-7-16-20(21(31)26-2)28-10-30(11)16)18-14(24)5-6-15(19(18)25)29-35(32,33)17-8-12(23)9-27-22(17)34-3/h5-6,8-11,13,29H,4,7H2,1-3H3,(H,26,31)/t11-,13-/m1/s1. The monoisotopic (exact) mass is 525 g/mol. The molecule has 0 bridgehead atoms. The molecule has 3 aromatic rings. The Balaban J connectivity index is 1.71. The molecule has 1 aliphatic heterocycles. The van der Waals surface area contributed by atoms with E-state index >= 15 is 4.39 Å². The lowest BCUT2D eigenvalue weighted by Crippen LogP contribution is -2.27. The third-order valence-corrected chi connectivity index (χ3v) is 7.63. The van der Waals surface area contributed by atoms with Gasteiger partial charge in [0.1, 0.15) is 11.5 Å². The van der Waals surface area contributed by atoms with Crippen LogP contribution in [0.4, 0.5) is 14.5 Å². The van der Waals surface area contributed by atoms with E-state index in [0.29, 0.717) is 18.5 Å². The molecule has 2 atom stereocenters. The number of hydrogen-bond acceptors (Lipinski definition) is 6. The molecule has 0 aliphatic carbocycles. The Morgan fingerprint density at radius 2 is 2.03 bits per heavy atom. The van der Waals surface area contributed by atoms with Gasteiger partial charge in [-0.2, -0.15) is 0 Å². The van der Waals surface area contributed by atoms with Gasteiger partial charge in [-0.3, -0.25) is 9.52 Å². The van der Waals surface area contributed by atoms with Crippen molar-refractivity contribution in [3.05, 3.63) is 64.3 Å². The van der Waals surface area contributed by atoms with Gasteiger partial charge in [0, 0.05) is 30.8 Å². The SMILES string of the molecule is CNC(=O)c1ncn2c1CC[C@@H](c1c(F)ccc(NS(=O)(=O)c3cc(Cl)cnc3OC)c1F)[C@H]2C. The number of fused-ring (bicyclic) bond motifs is 1. The van der Waals surface area contributed by atoms with E-state index in [1.54, 1.807) is 11.5 Å². The lowest BCUT2D eigenvalue weighted by atomic mass is 9.83. The number of pyridine rings is 1. The van der Waals surface area contributed by atoms with Crippen LogP contribution in [-0.2, 0) is 16.4 Å². The van der Waals surface area contributed by atoms with E-state index in [0.717, 1.165) is 18.2 Å². The first-order valence-corrected chi connectivity index (χ1v) is 12.4. The van der Waals surface area contributed by atoms with Gasteiger partial charge >= 0.3 is 0 Å². The van der Waals surface area contributed by atoms with Crippen LogP contribution in [0.15, 0.2) is 35.6 Å². The van der Waals surface area contributed by atoms with Gasteiger partial charge in [-0.05, 0) is 38.0 Å². The quantitative estimate of drug-likeness (QED) is 0.507. The highest BCUT2D eigenvalue weighted by Gasteiger charge is 2.35. The van der Waals surface area contributed by atoms with Crippen molar-refractivity contribution in [2.75, 3.05) is 18.9 Å². The van der Waals surface area contributed by atoms with Gasteiger partial charge in [0.15, 0.2) is 10.7 Å². The second-order valence-electron chi connectivity index (χ2n) is 8.00. The summed E-state index contributed by atoms with van der Waals surface area (Å²) in [7, 11) is -1.65. The minimum Gasteiger partial charge on any atom is -0.480 e. The highest BCUT2D eigenvalue weighted by atomic mass is 35.5. The third kappa shape index (κ3) is 4.43. The number of methoxy groups -OCH3 is 1. The molecule has 0 spiro atoms. The molecule has 4 rings (SSSR count). The van der Waals surface area contributed by atoms with Crippen molar-refractivity contribution in [2.24, 2.45) is 0 Å². The predicted molar refractivity (Wildman–Crippen MR) is 124 cm³/mol. The zero-order valence-corrected chi connectivity index (χ0v) is 20.5. The smallest absolute Gasteiger partial charge is 0.271 e. The number of ether oxygens (including phenoxy) is 1. The van der Waals surface area contributed by atoms with Gasteiger partial charge in [0.25, 0.3) is 15.9 Å². The largest absolute Gasteiger partial charge is 0.480 e. The van der Waals surface area contributed by atoms with E-state index in [1.807, 2.05) is 0 Å². The second-order valence-corrected chi connectivity index (χ2v) is 10.1. The van der Waals surface area contributed by atoms with Gasteiger partial charge in [0.2, 0.25) is 5.88 Å². The Morgan fingerprint density at radius 3 is 2.71 bits per heavy atom. The molecule has 0 saturated carbocycles. The number of rotatable bonds is 6. The first-order chi connectivity index (χ1) is 16.6. The van der Waals surface area contributed by atoms with Crippen LogP contribution in [0, 0.1) is 11.6 Å². The van der Waals surface area contributed by atoms with Gasteiger partial charge in [-0.25, -0.2) is 27.2 Å². The van der Waals surface area contributed by atoms with Crippen LogP contribution in [0.25, 0.3) is 0 Å². The Kier molecular flexibility index (Phi) is 6.69. The lowest BCUT2D eigenvalue weighted by molar-refractivity contribution is 0.0957. The van der Waals surface area contributed by atoms with Crippen molar-refractivity contribution in [3.8, 4) is 5.88 Å². The number of imidazole rings is 1. The van der Waals surface area contributed by atoms with Crippen LogP contribution in [0.3, 0.4) is 0 Å². The fraction of sp³-hybridized carbons (Fsp3) is 0.318. The molecule has 13 heteroatoms. The number of carbonyl (C=O) groups excluding carboxylic acids is 1. The maximum Gasteiger partial charge on any atom is 0.271 e. The highest BCUT2D eigenvalue weighted by molar-refractivity contribution is 7.92. The molecule has 186 valence electrons. The predicted octanol–water partition coefficient (Wildman–Crippen LogP) is 3.67. The molecular weight excluding hydrogens is 504 g/mol. The van der Waals surface area contributed by atoms with E-state index in [1.165, 1.54) is 26.7 Å². The van der Waals surface area contributed by atoms with E-state index in [2.05, 4.69) is 20.0 Å². The van der Waals surface area contributed by atoms with Crippen molar-refractivity contribution in [2.45, 2.75) is 36.6 Å². The van der Waals surface area contributed by atoms with Crippen LogP contribution in [0.1, 0.15) is 47.1 Å². The number of benzene rings is 1. The zero-order chi connectivity index (χ0) is 25.5. The molecule has 0 radical (unpaired) electrons. The van der Waals surface area contributed by atoms with E-state index in [-0.39, 0.29) is 28.1 Å². The summed E-state index contributed by atoms with van der Waals surface area (Å²) in [5, 5.41) is 2.56. The number of aromatic nitrogens is 3. The molecule has 1 aliphatic rings. The molecule has 1 amide bonds. The highest BCUT2D eigenvalue weighted by Crippen LogP contribution is 2.42. The summed E-state index contributed by atoms with van der Waals surface area (Å²) in [5.41, 5.74) is 0.253. The van der Waals surface area contributed by atoms with Crippen LogP contribution in [0.2, 0.25) is 5.02 Å². The number of anilines is 1. The molecule has 9 nitrogen and oxygen atoms in total. The Bertz CT molecular complexity index is 1410. The first-order valence-electron chi connectivity index (χ1n) is 10.6. The summed E-state index contributed by atoms with van der Waals surface area (Å²) in [5.74, 6) is -3.05. The number of amides is 1. The number of carbonyl (C=O) groups is 1. The van der Waals surface area contributed by atoms with Crippen LogP contribution in [0.5, 0.6) is 5.88 Å². The summed E-state index contributed by atoms with van der Waals surface area (Å²) in [6.45, 7) is 1.76. The minimum atomic E-state index is -4.38. The fourth-order valence-electron chi connectivity index (χ4n) is 4.35. The van der Waals surface area contributed by atoms with Gasteiger partial charge in [-0.1, -0.05) is 11.6 Å². The number of halogens is 3. The molecule has 0 unspecified atom stereocenters. The lowest BCUT2D eigenvalue weighted by Gasteiger charge is -2.32. The van der Waals surface area contributed by atoms with Gasteiger partial charge in [-0.15, -0.1) is 0 Å². The Morgan fingerprint density at radius 1 is 1.29 bits per heavy atom. The third-order valence-electron chi connectivity index (χ3n) is 6.06. The van der Waals surface area contributed by atoms with E-state index in [9.17, 15) is 17.6 Å². The van der Waals surface area contributed by atoms with Crippen molar-refractivity contribution in [1.29, 1.82) is 0 Å². The Labute approximate surface area is 205 Å². The molecule has 3 heterocycles. The average Bonchev–Trinajstić information content (AvgIpc) is 3.27. The summed E-state index contributed by atoms with van der Waals surface area (Å²) in [6, 6.07) is 2.69. The minimum absolute atomic E-state index is 0.0368. The first kappa shape index (κ1) is 24.9. The van der Waals surface area contributed by atoms with Crippen molar-refractivity contribution in [1.82, 2.24) is 19.9 Å². The van der Waals surface area contributed by atoms with Crippen molar-refractivity contribution >= 4 is 33.2 Å². The Hall–Kier alpha value is -3.25. The molecule has 1 aromatic carbocycles. The average molecular weight is 526 g/mol. The van der Waals surface area contributed by atoms with E-state index < -0.39 is 44.2 Å². The van der Waals surface area contributed by atoms with Crippen LogP contribution in [-0.4, -0.2) is 43.0 Å². The molecule has 2 aromatic heterocycles. The van der Waals surface area contributed by atoms with Crippen molar-refractivity contribution < 1.29 is 26.7 Å². The van der Waals surface area contributed by atoms with Gasteiger partial charge < -0.3 is 14.6 Å². The topological polar surface area (TPSA) is 115 Å². The number of nitrogens with zero attached hydrogens (tertiary/aromatic N) is 3.